The molecule has 0 bridgehead atoms. The third-order valence-electron chi connectivity index (χ3n) is 4.57. The molecule has 0 unspecified atom stereocenters. The second kappa shape index (κ2) is 8.33. The van der Waals surface area contributed by atoms with Gasteiger partial charge >= 0.3 is 5.97 Å². The molecule has 0 aromatic carbocycles. The first-order chi connectivity index (χ1) is 13.0. The number of nitrogens with one attached hydrogen (secondary N) is 1. The molecule has 1 atom stereocenters. The van der Waals surface area contributed by atoms with Crippen molar-refractivity contribution in [2.75, 3.05) is 13.2 Å². The fourth-order valence-corrected chi connectivity index (χ4v) is 4.86. The lowest BCUT2D eigenvalue weighted by molar-refractivity contribution is 0.0531. The molecule has 3 heterocycles. The summed E-state index contributed by atoms with van der Waals surface area (Å²) in [7, 11) is 0. The molecule has 0 aliphatic carbocycles. The predicted molar refractivity (Wildman–Crippen MR) is 110 cm³/mol. The molecule has 0 saturated carbocycles. The standard InChI is InChI=1S/C19H23N3O3S2/c1-5-22(10-13-8-7-9-26-13)12(4)16-20-17(23)14-11(3)15(19(24)25-6-2)27-18(14)21-16/h7-9,12H,5-6,10H2,1-4H3,(H,20,21,23)/t12-/m1/s1. The topological polar surface area (TPSA) is 75.3 Å². The van der Waals surface area contributed by atoms with Crippen molar-refractivity contribution in [3.05, 3.63) is 49.0 Å². The van der Waals surface area contributed by atoms with E-state index in [1.807, 2.05) is 13.0 Å². The van der Waals surface area contributed by atoms with Gasteiger partial charge in [0.05, 0.1) is 18.0 Å². The highest BCUT2D eigenvalue weighted by molar-refractivity contribution is 7.20. The highest BCUT2D eigenvalue weighted by Gasteiger charge is 2.23. The van der Waals surface area contributed by atoms with Gasteiger partial charge in [0.25, 0.3) is 5.56 Å². The minimum absolute atomic E-state index is 0.0531. The largest absolute Gasteiger partial charge is 0.462 e. The van der Waals surface area contributed by atoms with Crippen molar-refractivity contribution in [1.29, 1.82) is 0 Å². The first kappa shape index (κ1) is 19.7. The van der Waals surface area contributed by atoms with Gasteiger partial charge < -0.3 is 9.72 Å². The fraction of sp³-hybridized carbons (Fsp3) is 0.421. The molecular formula is C19H23N3O3S2. The Labute approximate surface area is 165 Å². The van der Waals surface area contributed by atoms with Gasteiger partial charge in [-0.2, -0.15) is 0 Å². The zero-order valence-electron chi connectivity index (χ0n) is 15.9. The number of ether oxygens (including phenoxy) is 1. The molecule has 0 aliphatic heterocycles. The summed E-state index contributed by atoms with van der Waals surface area (Å²) in [4.78, 5) is 37.0. The van der Waals surface area contributed by atoms with Crippen LogP contribution in [0, 0.1) is 6.92 Å². The molecule has 0 spiro atoms. The number of carbonyl (C=O) groups excluding carboxylic acids is 1. The van der Waals surface area contributed by atoms with Crippen LogP contribution in [0.3, 0.4) is 0 Å². The van der Waals surface area contributed by atoms with Crippen LogP contribution in [-0.4, -0.2) is 34.0 Å². The Bertz CT molecular complexity index is 992. The molecule has 0 saturated heterocycles. The highest BCUT2D eigenvalue weighted by Crippen LogP contribution is 2.29. The molecule has 3 aromatic rings. The predicted octanol–water partition coefficient (Wildman–Crippen LogP) is 4.11. The van der Waals surface area contributed by atoms with Crippen LogP contribution in [0.5, 0.6) is 0 Å². The van der Waals surface area contributed by atoms with Crippen molar-refractivity contribution in [2.24, 2.45) is 0 Å². The lowest BCUT2D eigenvalue weighted by Crippen LogP contribution is -2.29. The van der Waals surface area contributed by atoms with Gasteiger partial charge in [-0.25, -0.2) is 9.78 Å². The van der Waals surface area contributed by atoms with Crippen LogP contribution in [-0.2, 0) is 11.3 Å². The van der Waals surface area contributed by atoms with Crippen LogP contribution < -0.4 is 5.56 Å². The zero-order valence-corrected chi connectivity index (χ0v) is 17.5. The summed E-state index contributed by atoms with van der Waals surface area (Å²) < 4.78 is 5.09. The number of nitrogens with zero attached hydrogens (tertiary/aromatic N) is 2. The summed E-state index contributed by atoms with van der Waals surface area (Å²) in [6, 6.07) is 4.09. The number of rotatable bonds is 7. The third kappa shape index (κ3) is 3.97. The number of hydrogen-bond donors (Lipinski definition) is 1. The van der Waals surface area contributed by atoms with Crippen LogP contribution in [0.25, 0.3) is 10.2 Å². The van der Waals surface area contributed by atoms with Gasteiger partial charge in [0.2, 0.25) is 0 Å². The number of esters is 1. The Morgan fingerprint density at radius 2 is 2.19 bits per heavy atom. The monoisotopic (exact) mass is 405 g/mol. The SMILES string of the molecule is CCOC(=O)c1sc2nc([C@@H](C)N(CC)Cc3cccs3)[nH]c(=O)c2c1C. The molecule has 27 heavy (non-hydrogen) atoms. The Morgan fingerprint density at radius 3 is 2.81 bits per heavy atom. The van der Waals surface area contributed by atoms with E-state index in [2.05, 4.69) is 33.2 Å². The van der Waals surface area contributed by atoms with E-state index in [1.165, 1.54) is 16.2 Å². The van der Waals surface area contributed by atoms with Gasteiger partial charge in [-0.1, -0.05) is 13.0 Å². The van der Waals surface area contributed by atoms with Crippen molar-refractivity contribution >= 4 is 38.9 Å². The number of aromatic amines is 1. The third-order valence-corrected chi connectivity index (χ3v) is 6.60. The molecule has 3 aromatic heterocycles. The van der Waals surface area contributed by atoms with Crippen molar-refractivity contribution in [2.45, 2.75) is 40.3 Å². The van der Waals surface area contributed by atoms with Crippen molar-refractivity contribution < 1.29 is 9.53 Å². The maximum absolute atomic E-state index is 12.7. The number of fused-ring (bicyclic) bond motifs is 1. The molecule has 6 nitrogen and oxygen atoms in total. The van der Waals surface area contributed by atoms with Crippen LogP contribution in [0.4, 0.5) is 0 Å². The summed E-state index contributed by atoms with van der Waals surface area (Å²) in [5.41, 5.74) is 0.422. The maximum atomic E-state index is 12.7. The van der Waals surface area contributed by atoms with Crippen LogP contribution >= 0.6 is 22.7 Å². The van der Waals surface area contributed by atoms with E-state index >= 15 is 0 Å². The Balaban J connectivity index is 1.97. The molecule has 3 rings (SSSR count). The van der Waals surface area contributed by atoms with E-state index in [9.17, 15) is 9.59 Å². The van der Waals surface area contributed by atoms with Gasteiger partial charge in [-0.15, -0.1) is 22.7 Å². The van der Waals surface area contributed by atoms with E-state index in [1.54, 1.807) is 25.2 Å². The molecule has 0 aliphatic rings. The number of aryl methyl sites for hydroxylation is 1. The summed E-state index contributed by atoms with van der Waals surface area (Å²) in [6.45, 7) is 9.58. The second-order valence-corrected chi connectivity index (χ2v) is 8.26. The Hall–Kier alpha value is -2.03. The highest BCUT2D eigenvalue weighted by atomic mass is 32.1. The van der Waals surface area contributed by atoms with E-state index < -0.39 is 5.97 Å². The number of hydrogen-bond acceptors (Lipinski definition) is 7. The van der Waals surface area contributed by atoms with E-state index in [0.717, 1.165) is 13.1 Å². The van der Waals surface area contributed by atoms with E-state index in [-0.39, 0.29) is 11.6 Å². The molecule has 0 radical (unpaired) electrons. The summed E-state index contributed by atoms with van der Waals surface area (Å²) >= 11 is 2.93. The normalized spacial score (nSPS) is 12.6. The first-order valence-electron chi connectivity index (χ1n) is 8.93. The number of H-pyrrole nitrogens is 1. The first-order valence-corrected chi connectivity index (χ1v) is 10.6. The van der Waals surface area contributed by atoms with Gasteiger partial charge in [-0.3, -0.25) is 9.69 Å². The van der Waals surface area contributed by atoms with Gasteiger partial charge in [0.15, 0.2) is 0 Å². The molecule has 0 fully saturated rings. The minimum Gasteiger partial charge on any atom is -0.462 e. The van der Waals surface area contributed by atoms with Crippen LogP contribution in [0.2, 0.25) is 0 Å². The van der Waals surface area contributed by atoms with Gasteiger partial charge in [-0.05, 0) is 44.3 Å². The summed E-state index contributed by atoms with van der Waals surface area (Å²) in [5.74, 6) is 0.211. The summed E-state index contributed by atoms with van der Waals surface area (Å²) in [5, 5.41) is 2.53. The van der Waals surface area contributed by atoms with Crippen LogP contribution in [0.1, 0.15) is 52.7 Å². The molecular weight excluding hydrogens is 382 g/mol. The number of thiophene rings is 2. The number of aromatic nitrogens is 2. The maximum Gasteiger partial charge on any atom is 0.348 e. The van der Waals surface area contributed by atoms with Gasteiger partial charge in [0, 0.05) is 11.4 Å². The Kier molecular flexibility index (Phi) is 6.08. The van der Waals surface area contributed by atoms with Crippen LogP contribution in [0.15, 0.2) is 22.3 Å². The molecule has 0 amide bonds. The van der Waals surface area contributed by atoms with Gasteiger partial charge in [0.1, 0.15) is 15.5 Å². The average Bonchev–Trinajstić information content (AvgIpc) is 3.27. The zero-order chi connectivity index (χ0) is 19.6. The molecule has 1 N–H and O–H groups in total. The van der Waals surface area contributed by atoms with E-state index in [0.29, 0.717) is 33.1 Å². The minimum atomic E-state index is -0.403. The van der Waals surface area contributed by atoms with Crippen molar-refractivity contribution in [1.82, 2.24) is 14.9 Å². The second-order valence-electron chi connectivity index (χ2n) is 6.23. The molecule has 8 heteroatoms. The Morgan fingerprint density at radius 1 is 1.41 bits per heavy atom. The van der Waals surface area contributed by atoms with E-state index in [4.69, 9.17) is 4.74 Å². The molecule has 144 valence electrons. The van der Waals surface area contributed by atoms with Crippen molar-refractivity contribution in [3.63, 3.8) is 0 Å². The lowest BCUT2D eigenvalue weighted by atomic mass is 10.2. The summed E-state index contributed by atoms with van der Waals surface area (Å²) in [6.07, 6.45) is 0. The lowest BCUT2D eigenvalue weighted by Gasteiger charge is -2.26. The van der Waals surface area contributed by atoms with Crippen molar-refractivity contribution in [3.8, 4) is 0 Å². The fourth-order valence-electron chi connectivity index (χ4n) is 3.05. The quantitative estimate of drug-likeness (QED) is 0.599. The number of carbonyl (C=O) groups is 1. The average molecular weight is 406 g/mol. The smallest absolute Gasteiger partial charge is 0.348 e.